The minimum Gasteiger partial charge on any atom is -0.497 e. The molecule has 3 heterocycles. The van der Waals surface area contributed by atoms with Crippen LogP contribution in [0.5, 0.6) is 5.75 Å². The Balaban J connectivity index is 1.53. The number of fused-ring (bicyclic) bond motifs is 3. The standard InChI is InChI=1S/C24H27N3O/c1-28-21-11-9-19(10-12-21)20-17-24-26(16-15-25-13-5-2-6-14-25)22-7-3-4-8-23(22)27(24)18-20/h3-4,7-12,17-18H,2,5-6,13-16H2,1H3. The van der Waals surface area contributed by atoms with E-state index < -0.39 is 0 Å². The second kappa shape index (κ2) is 7.36. The Morgan fingerprint density at radius 1 is 0.821 bits per heavy atom. The molecular weight excluding hydrogens is 346 g/mol. The minimum atomic E-state index is 0.893. The van der Waals surface area contributed by atoms with Gasteiger partial charge in [-0.25, -0.2) is 0 Å². The van der Waals surface area contributed by atoms with Gasteiger partial charge in [-0.05, 0) is 61.8 Å². The molecule has 4 heteroatoms. The molecular formula is C24H27N3O. The highest BCUT2D eigenvalue weighted by Crippen LogP contribution is 2.29. The molecule has 0 N–H and O–H groups in total. The van der Waals surface area contributed by atoms with Crippen LogP contribution in [0.4, 0.5) is 0 Å². The molecule has 2 aromatic carbocycles. The number of likely N-dealkylation sites (tertiary alicyclic amines) is 1. The molecule has 1 saturated heterocycles. The number of piperidine rings is 1. The number of methoxy groups -OCH3 is 1. The van der Waals surface area contributed by atoms with Gasteiger partial charge in [-0.15, -0.1) is 0 Å². The summed E-state index contributed by atoms with van der Waals surface area (Å²) in [6.45, 7) is 4.64. The highest BCUT2D eigenvalue weighted by atomic mass is 16.5. The van der Waals surface area contributed by atoms with E-state index in [4.69, 9.17) is 4.74 Å². The van der Waals surface area contributed by atoms with Crippen molar-refractivity contribution in [3.63, 3.8) is 0 Å². The normalized spacial score (nSPS) is 15.5. The summed E-state index contributed by atoms with van der Waals surface area (Å²) in [7, 11) is 1.71. The third kappa shape index (κ3) is 3.08. The number of ether oxygens (including phenoxy) is 1. The maximum absolute atomic E-state index is 5.30. The van der Waals surface area contributed by atoms with E-state index in [0.29, 0.717) is 0 Å². The second-order valence-electron chi connectivity index (χ2n) is 7.73. The molecule has 0 radical (unpaired) electrons. The molecule has 5 rings (SSSR count). The van der Waals surface area contributed by atoms with E-state index in [2.05, 4.69) is 62.5 Å². The maximum atomic E-state index is 5.30. The Labute approximate surface area is 165 Å². The summed E-state index contributed by atoms with van der Waals surface area (Å²) in [4.78, 5) is 2.61. The Kier molecular flexibility index (Phi) is 4.57. The number of nitrogens with zero attached hydrogens (tertiary/aromatic N) is 3. The molecule has 0 spiro atoms. The average molecular weight is 373 g/mol. The molecule has 28 heavy (non-hydrogen) atoms. The zero-order valence-electron chi connectivity index (χ0n) is 16.5. The van der Waals surface area contributed by atoms with Gasteiger partial charge in [-0.1, -0.05) is 30.7 Å². The lowest BCUT2D eigenvalue weighted by Crippen LogP contribution is -2.32. The van der Waals surface area contributed by atoms with Crippen molar-refractivity contribution >= 4 is 16.7 Å². The van der Waals surface area contributed by atoms with Crippen molar-refractivity contribution in [1.29, 1.82) is 0 Å². The molecule has 0 atom stereocenters. The summed E-state index contributed by atoms with van der Waals surface area (Å²) in [6.07, 6.45) is 6.33. The van der Waals surface area contributed by atoms with Crippen LogP contribution in [0.3, 0.4) is 0 Å². The van der Waals surface area contributed by atoms with Gasteiger partial charge in [0.05, 0.1) is 18.1 Å². The van der Waals surface area contributed by atoms with Crippen LogP contribution in [-0.2, 0) is 6.54 Å². The van der Waals surface area contributed by atoms with Crippen LogP contribution >= 0.6 is 0 Å². The Morgan fingerprint density at radius 2 is 1.57 bits per heavy atom. The van der Waals surface area contributed by atoms with Crippen molar-refractivity contribution in [3.8, 4) is 16.9 Å². The van der Waals surface area contributed by atoms with E-state index in [-0.39, 0.29) is 0 Å². The van der Waals surface area contributed by atoms with Gasteiger partial charge < -0.3 is 18.6 Å². The van der Waals surface area contributed by atoms with Crippen LogP contribution in [0.1, 0.15) is 19.3 Å². The quantitative estimate of drug-likeness (QED) is 0.488. The predicted molar refractivity (Wildman–Crippen MR) is 115 cm³/mol. The highest BCUT2D eigenvalue weighted by Gasteiger charge is 2.15. The molecule has 0 unspecified atom stereocenters. The third-order valence-electron chi connectivity index (χ3n) is 6.02. The molecule has 0 bridgehead atoms. The van der Waals surface area contributed by atoms with Crippen molar-refractivity contribution in [2.45, 2.75) is 25.8 Å². The number of imidazole rings is 1. The van der Waals surface area contributed by atoms with Crippen molar-refractivity contribution in [3.05, 3.63) is 60.8 Å². The topological polar surface area (TPSA) is 21.8 Å². The summed E-state index contributed by atoms with van der Waals surface area (Å²) in [5.74, 6) is 0.893. The van der Waals surface area contributed by atoms with Crippen LogP contribution in [-0.4, -0.2) is 40.6 Å². The summed E-state index contributed by atoms with van der Waals surface area (Å²) < 4.78 is 10.1. The Morgan fingerprint density at radius 3 is 2.32 bits per heavy atom. The van der Waals surface area contributed by atoms with Gasteiger partial charge >= 0.3 is 0 Å². The predicted octanol–water partition coefficient (Wildman–Crippen LogP) is 5.06. The summed E-state index contributed by atoms with van der Waals surface area (Å²) in [5.41, 5.74) is 6.32. The Hall–Kier alpha value is -2.72. The first-order chi connectivity index (χ1) is 13.8. The zero-order chi connectivity index (χ0) is 18.9. The van der Waals surface area contributed by atoms with Crippen LogP contribution in [0.25, 0.3) is 27.8 Å². The average Bonchev–Trinajstić information content (AvgIpc) is 3.31. The van der Waals surface area contributed by atoms with Crippen molar-refractivity contribution in [2.24, 2.45) is 0 Å². The second-order valence-corrected chi connectivity index (χ2v) is 7.73. The molecule has 2 aromatic heterocycles. The lowest BCUT2D eigenvalue weighted by Gasteiger charge is -2.26. The SMILES string of the molecule is COc1ccc(-c2cc3n(CCN4CCCCC4)c4ccccc4n3c2)cc1. The molecule has 0 amide bonds. The van der Waals surface area contributed by atoms with Crippen LogP contribution < -0.4 is 4.74 Å². The number of hydrogen-bond acceptors (Lipinski definition) is 2. The van der Waals surface area contributed by atoms with Crippen molar-refractivity contribution < 1.29 is 4.74 Å². The van der Waals surface area contributed by atoms with Crippen LogP contribution in [0.15, 0.2) is 60.8 Å². The van der Waals surface area contributed by atoms with Gasteiger partial charge in [-0.3, -0.25) is 0 Å². The van der Waals surface area contributed by atoms with Gasteiger partial charge in [0.15, 0.2) is 0 Å². The molecule has 1 aliphatic heterocycles. The third-order valence-corrected chi connectivity index (χ3v) is 6.02. The summed E-state index contributed by atoms with van der Waals surface area (Å²) in [6, 6.07) is 19.4. The molecule has 1 fully saturated rings. The van der Waals surface area contributed by atoms with Gasteiger partial charge in [0.25, 0.3) is 0 Å². The smallest absolute Gasteiger partial charge is 0.118 e. The largest absolute Gasteiger partial charge is 0.497 e. The first kappa shape index (κ1) is 17.4. The monoisotopic (exact) mass is 373 g/mol. The lowest BCUT2D eigenvalue weighted by atomic mass is 10.1. The van der Waals surface area contributed by atoms with Gasteiger partial charge in [0.2, 0.25) is 0 Å². The molecule has 0 saturated carbocycles. The maximum Gasteiger partial charge on any atom is 0.118 e. The number of rotatable bonds is 5. The summed E-state index contributed by atoms with van der Waals surface area (Å²) in [5, 5.41) is 0. The van der Waals surface area contributed by atoms with E-state index in [1.165, 1.54) is 60.2 Å². The van der Waals surface area contributed by atoms with Gasteiger partial charge in [0, 0.05) is 24.8 Å². The van der Waals surface area contributed by atoms with Crippen molar-refractivity contribution in [2.75, 3.05) is 26.7 Å². The first-order valence-electron chi connectivity index (χ1n) is 10.3. The Bertz CT molecular complexity index is 1080. The van der Waals surface area contributed by atoms with Crippen LogP contribution in [0, 0.1) is 0 Å². The number of aromatic nitrogens is 2. The number of benzene rings is 2. The van der Waals surface area contributed by atoms with E-state index in [9.17, 15) is 0 Å². The first-order valence-corrected chi connectivity index (χ1v) is 10.3. The van der Waals surface area contributed by atoms with Gasteiger partial charge in [-0.2, -0.15) is 0 Å². The molecule has 4 nitrogen and oxygen atoms in total. The van der Waals surface area contributed by atoms with Crippen LogP contribution in [0.2, 0.25) is 0 Å². The molecule has 0 aliphatic carbocycles. The molecule has 1 aliphatic rings. The van der Waals surface area contributed by atoms with Crippen molar-refractivity contribution in [1.82, 2.24) is 13.9 Å². The van der Waals surface area contributed by atoms with E-state index in [1.807, 2.05) is 12.1 Å². The fraction of sp³-hybridized carbons (Fsp3) is 0.333. The zero-order valence-corrected chi connectivity index (χ0v) is 16.5. The summed E-state index contributed by atoms with van der Waals surface area (Å²) >= 11 is 0. The van der Waals surface area contributed by atoms with E-state index in [0.717, 1.165) is 18.8 Å². The highest BCUT2D eigenvalue weighted by molar-refractivity contribution is 5.84. The number of para-hydroxylation sites is 2. The number of hydrogen-bond donors (Lipinski definition) is 0. The fourth-order valence-corrected chi connectivity index (χ4v) is 4.47. The van der Waals surface area contributed by atoms with E-state index in [1.54, 1.807) is 7.11 Å². The molecule has 4 aromatic rings. The minimum absolute atomic E-state index is 0.893. The molecule has 144 valence electrons. The fourth-order valence-electron chi connectivity index (χ4n) is 4.47. The lowest BCUT2D eigenvalue weighted by molar-refractivity contribution is 0.222. The van der Waals surface area contributed by atoms with Gasteiger partial charge in [0.1, 0.15) is 11.4 Å². The van der Waals surface area contributed by atoms with E-state index >= 15 is 0 Å².